The molecule has 0 aromatic heterocycles. The number of rotatable bonds is 6. The lowest BCUT2D eigenvalue weighted by Crippen LogP contribution is -2.53. The second kappa shape index (κ2) is 7.19. The summed E-state index contributed by atoms with van der Waals surface area (Å²) in [5, 5.41) is 6.28. The second-order valence-corrected chi connectivity index (χ2v) is 8.71. The molecule has 0 aliphatic carbocycles. The van der Waals surface area contributed by atoms with Crippen LogP contribution in [0.1, 0.15) is 49.3 Å². The van der Waals surface area contributed by atoms with E-state index in [1.807, 2.05) is 32.9 Å². The summed E-state index contributed by atoms with van der Waals surface area (Å²) in [6.07, 6.45) is 1.94. The minimum Gasteiger partial charge on any atom is -0.370 e. The molecule has 0 saturated carbocycles. The Hall–Kier alpha value is -2.74. The number of likely N-dealkylation sites (tertiary alicyclic amines) is 1. The summed E-state index contributed by atoms with van der Waals surface area (Å²) in [5.74, 6) is -2.89. The maximum absolute atomic E-state index is 13.5. The van der Waals surface area contributed by atoms with Crippen LogP contribution in [0.4, 0.5) is 5.69 Å². The summed E-state index contributed by atoms with van der Waals surface area (Å²) in [5.41, 5.74) is 7.32. The number of anilines is 1. The predicted molar refractivity (Wildman–Crippen MR) is 110 cm³/mol. The summed E-state index contributed by atoms with van der Waals surface area (Å²) in [6, 6.07) is 3.40. The summed E-state index contributed by atoms with van der Waals surface area (Å²) in [4.78, 5) is 52.8. The van der Waals surface area contributed by atoms with Crippen molar-refractivity contribution in [3.8, 4) is 0 Å². The number of aryl methyl sites for hydroxylation is 2. The van der Waals surface area contributed by atoms with E-state index in [0.29, 0.717) is 30.6 Å². The molecule has 3 aliphatic rings. The molecule has 30 heavy (non-hydrogen) atoms. The summed E-state index contributed by atoms with van der Waals surface area (Å²) in [7, 11) is 0. The van der Waals surface area contributed by atoms with Crippen molar-refractivity contribution in [1.82, 2.24) is 10.2 Å². The molecule has 1 aromatic carbocycles. The number of carbonyl (C=O) groups is 4. The number of imide groups is 1. The van der Waals surface area contributed by atoms with Gasteiger partial charge >= 0.3 is 0 Å². The average molecular weight is 412 g/mol. The Morgan fingerprint density at radius 1 is 1.20 bits per heavy atom. The molecule has 8 nitrogen and oxygen atoms in total. The molecule has 1 aromatic rings. The Bertz CT molecular complexity index is 959. The lowest BCUT2D eigenvalue weighted by atomic mass is 9.75. The second-order valence-electron chi connectivity index (χ2n) is 8.71. The maximum Gasteiger partial charge on any atom is 0.250 e. The SMILES string of the molecule is CCCCN1C(=O)C2C(CCC(N)=O)NC3(C(=O)Nc4c(C)cc(C)cc43)C2C1=O. The molecule has 4 atom stereocenters. The highest BCUT2D eigenvalue weighted by atomic mass is 16.2. The van der Waals surface area contributed by atoms with E-state index in [1.54, 1.807) is 0 Å². The van der Waals surface area contributed by atoms with Gasteiger partial charge in [0.1, 0.15) is 5.54 Å². The first-order valence-corrected chi connectivity index (χ1v) is 10.6. The number of hydrogen-bond donors (Lipinski definition) is 3. The van der Waals surface area contributed by atoms with Crippen LogP contribution in [0.15, 0.2) is 12.1 Å². The molecule has 3 aliphatic heterocycles. The monoisotopic (exact) mass is 412 g/mol. The van der Waals surface area contributed by atoms with Crippen molar-refractivity contribution < 1.29 is 19.2 Å². The first-order valence-electron chi connectivity index (χ1n) is 10.6. The zero-order chi connectivity index (χ0) is 21.8. The number of nitrogens with one attached hydrogen (secondary N) is 2. The third kappa shape index (κ3) is 2.77. The first kappa shape index (κ1) is 20.5. The molecular weight excluding hydrogens is 384 g/mol. The molecule has 4 unspecified atom stereocenters. The lowest BCUT2D eigenvalue weighted by Gasteiger charge is -2.29. The van der Waals surface area contributed by atoms with Gasteiger partial charge in [0.2, 0.25) is 23.6 Å². The van der Waals surface area contributed by atoms with Crippen LogP contribution in [0.2, 0.25) is 0 Å². The molecule has 2 saturated heterocycles. The molecule has 3 heterocycles. The Balaban J connectivity index is 1.84. The van der Waals surface area contributed by atoms with Crippen molar-refractivity contribution in [3.05, 3.63) is 28.8 Å². The quantitative estimate of drug-likeness (QED) is 0.604. The number of amides is 4. The van der Waals surface area contributed by atoms with Crippen molar-refractivity contribution >= 4 is 29.3 Å². The van der Waals surface area contributed by atoms with E-state index in [9.17, 15) is 19.2 Å². The molecule has 0 bridgehead atoms. The largest absolute Gasteiger partial charge is 0.370 e. The van der Waals surface area contributed by atoms with Gasteiger partial charge in [-0.3, -0.25) is 29.4 Å². The normalized spacial score (nSPS) is 29.5. The molecule has 0 radical (unpaired) electrons. The number of unbranched alkanes of at least 4 members (excludes halogenated alkanes) is 1. The first-order chi connectivity index (χ1) is 14.2. The van der Waals surface area contributed by atoms with E-state index >= 15 is 0 Å². The zero-order valence-corrected chi connectivity index (χ0v) is 17.6. The van der Waals surface area contributed by atoms with Crippen molar-refractivity contribution in [2.24, 2.45) is 17.6 Å². The third-order valence-corrected chi connectivity index (χ3v) is 6.69. The average Bonchev–Trinajstić information content (AvgIpc) is 3.25. The maximum atomic E-state index is 13.5. The van der Waals surface area contributed by atoms with Crippen molar-refractivity contribution in [1.29, 1.82) is 0 Å². The van der Waals surface area contributed by atoms with Gasteiger partial charge in [0.15, 0.2) is 0 Å². The standard InChI is InChI=1S/C22H28N4O4/c1-4-5-8-26-19(28)16-14(6-7-15(23)27)25-22(17(16)20(26)29)13-10-11(2)9-12(3)18(13)24-21(22)30/h9-10,14,16-17,25H,4-8H2,1-3H3,(H2,23,27)(H,24,30). The summed E-state index contributed by atoms with van der Waals surface area (Å²) in [6.45, 7) is 6.20. The fraction of sp³-hybridized carbons (Fsp3) is 0.545. The number of carbonyl (C=O) groups excluding carboxylic acids is 4. The van der Waals surface area contributed by atoms with E-state index < -0.39 is 29.3 Å². The summed E-state index contributed by atoms with van der Waals surface area (Å²) >= 11 is 0. The van der Waals surface area contributed by atoms with E-state index in [-0.39, 0.29) is 24.1 Å². The van der Waals surface area contributed by atoms with Gasteiger partial charge in [-0.05, 0) is 32.3 Å². The van der Waals surface area contributed by atoms with Gasteiger partial charge in [-0.25, -0.2) is 0 Å². The van der Waals surface area contributed by atoms with Crippen molar-refractivity contribution in [2.45, 2.75) is 58.0 Å². The molecule has 4 N–H and O–H groups in total. The highest BCUT2D eigenvalue weighted by Crippen LogP contribution is 2.54. The van der Waals surface area contributed by atoms with Gasteiger partial charge < -0.3 is 11.1 Å². The Kier molecular flexibility index (Phi) is 4.92. The fourth-order valence-corrected chi connectivity index (χ4v) is 5.40. The van der Waals surface area contributed by atoms with Crippen LogP contribution in [0.25, 0.3) is 0 Å². The van der Waals surface area contributed by atoms with Gasteiger partial charge in [-0.1, -0.05) is 31.0 Å². The number of primary amides is 1. The molecular formula is C22H28N4O4. The van der Waals surface area contributed by atoms with Crippen LogP contribution in [0.5, 0.6) is 0 Å². The Labute approximate surface area is 175 Å². The highest BCUT2D eigenvalue weighted by Gasteiger charge is 2.70. The van der Waals surface area contributed by atoms with Crippen LogP contribution in [0.3, 0.4) is 0 Å². The van der Waals surface area contributed by atoms with Crippen LogP contribution < -0.4 is 16.4 Å². The van der Waals surface area contributed by atoms with Gasteiger partial charge in [0, 0.05) is 30.3 Å². The van der Waals surface area contributed by atoms with Gasteiger partial charge in [-0.2, -0.15) is 0 Å². The highest BCUT2D eigenvalue weighted by molar-refractivity contribution is 6.15. The van der Waals surface area contributed by atoms with E-state index in [1.165, 1.54) is 4.90 Å². The molecule has 4 rings (SSSR count). The van der Waals surface area contributed by atoms with Crippen LogP contribution >= 0.6 is 0 Å². The molecule has 160 valence electrons. The van der Waals surface area contributed by atoms with Gasteiger partial charge in [0.25, 0.3) is 0 Å². The zero-order valence-electron chi connectivity index (χ0n) is 17.6. The molecule has 8 heteroatoms. The van der Waals surface area contributed by atoms with E-state index in [4.69, 9.17) is 5.73 Å². The van der Waals surface area contributed by atoms with E-state index in [2.05, 4.69) is 10.6 Å². The van der Waals surface area contributed by atoms with Crippen molar-refractivity contribution in [2.75, 3.05) is 11.9 Å². The predicted octanol–water partition coefficient (Wildman–Crippen LogP) is 1.09. The van der Waals surface area contributed by atoms with Crippen molar-refractivity contribution in [3.63, 3.8) is 0 Å². The number of fused-ring (bicyclic) bond motifs is 4. The number of benzene rings is 1. The number of hydrogen-bond acceptors (Lipinski definition) is 5. The minimum absolute atomic E-state index is 0.0781. The number of nitrogens with two attached hydrogens (primary N) is 1. The van der Waals surface area contributed by atoms with Gasteiger partial charge in [-0.15, -0.1) is 0 Å². The molecule has 1 spiro atoms. The van der Waals surface area contributed by atoms with Crippen LogP contribution in [-0.2, 0) is 24.7 Å². The minimum atomic E-state index is -1.31. The number of nitrogens with zero attached hydrogens (tertiary/aromatic N) is 1. The van der Waals surface area contributed by atoms with E-state index in [0.717, 1.165) is 17.5 Å². The van der Waals surface area contributed by atoms with Gasteiger partial charge in [0.05, 0.1) is 11.8 Å². The Morgan fingerprint density at radius 2 is 1.93 bits per heavy atom. The molecule has 4 amide bonds. The fourth-order valence-electron chi connectivity index (χ4n) is 5.40. The molecule has 2 fully saturated rings. The van der Waals surface area contributed by atoms with Crippen LogP contribution in [-0.4, -0.2) is 41.1 Å². The van der Waals surface area contributed by atoms with Crippen LogP contribution in [0, 0.1) is 25.7 Å². The summed E-state index contributed by atoms with van der Waals surface area (Å²) < 4.78 is 0. The smallest absolute Gasteiger partial charge is 0.250 e. The lowest BCUT2D eigenvalue weighted by molar-refractivity contribution is -0.143. The Morgan fingerprint density at radius 3 is 2.60 bits per heavy atom. The third-order valence-electron chi connectivity index (χ3n) is 6.69. The topological polar surface area (TPSA) is 122 Å².